The molecular weight excluding hydrogens is 230 g/mol. The van der Waals surface area contributed by atoms with Crippen LogP contribution in [0.15, 0.2) is 0 Å². The number of nitrogens with two attached hydrogens (primary N) is 1. The molecular formula is C13H23N3O2. The maximum Gasteiger partial charge on any atom is 0.226 e. The third-order valence-corrected chi connectivity index (χ3v) is 4.06. The molecule has 0 aromatic heterocycles. The van der Waals surface area contributed by atoms with Crippen LogP contribution in [0.4, 0.5) is 0 Å². The van der Waals surface area contributed by atoms with Crippen LogP contribution in [0.5, 0.6) is 0 Å². The largest absolute Gasteiger partial charge is 0.369 e. The first kappa shape index (κ1) is 13.3. The van der Waals surface area contributed by atoms with Crippen molar-refractivity contribution in [3.05, 3.63) is 0 Å². The Hall–Kier alpha value is -1.10. The minimum Gasteiger partial charge on any atom is -0.369 e. The number of amides is 2. The van der Waals surface area contributed by atoms with Crippen molar-refractivity contribution >= 4 is 11.8 Å². The fourth-order valence-electron chi connectivity index (χ4n) is 3.01. The van der Waals surface area contributed by atoms with Gasteiger partial charge in [-0.15, -0.1) is 0 Å². The molecule has 3 unspecified atom stereocenters. The van der Waals surface area contributed by atoms with Crippen LogP contribution in [0.25, 0.3) is 0 Å². The number of hydrogen-bond acceptors (Lipinski definition) is 3. The third kappa shape index (κ3) is 3.02. The Bertz CT molecular complexity index is 332. The Morgan fingerprint density at radius 3 is 2.72 bits per heavy atom. The summed E-state index contributed by atoms with van der Waals surface area (Å²) in [5.74, 6) is 0.379. The van der Waals surface area contributed by atoms with Crippen molar-refractivity contribution in [2.45, 2.75) is 26.2 Å². The standard InChI is InChI=1S/C13H23N3O2/c1-9-5-11(7-15-6-9)13(18)16-4-2-3-10(8-16)12(14)17/h9-11,15H,2-8H2,1H3,(H2,14,17). The Balaban J connectivity index is 1.93. The molecule has 102 valence electrons. The quantitative estimate of drug-likeness (QED) is 0.725. The summed E-state index contributed by atoms with van der Waals surface area (Å²) in [6.45, 7) is 5.20. The Kier molecular flexibility index (Phi) is 4.22. The van der Waals surface area contributed by atoms with Gasteiger partial charge < -0.3 is 16.0 Å². The predicted molar refractivity (Wildman–Crippen MR) is 68.6 cm³/mol. The van der Waals surface area contributed by atoms with Crippen LogP contribution in [0.1, 0.15) is 26.2 Å². The molecule has 3 N–H and O–H groups in total. The number of nitrogens with zero attached hydrogens (tertiary/aromatic N) is 1. The van der Waals surface area contributed by atoms with Crippen LogP contribution in [0, 0.1) is 17.8 Å². The highest BCUT2D eigenvalue weighted by Gasteiger charge is 2.32. The smallest absolute Gasteiger partial charge is 0.226 e. The SMILES string of the molecule is CC1CNCC(C(=O)N2CCCC(C(N)=O)C2)C1. The molecule has 2 heterocycles. The summed E-state index contributed by atoms with van der Waals surface area (Å²) >= 11 is 0. The molecule has 2 fully saturated rings. The predicted octanol–water partition coefficient (Wildman–Crippen LogP) is -0.0441. The van der Waals surface area contributed by atoms with E-state index in [-0.39, 0.29) is 23.7 Å². The average molecular weight is 253 g/mol. The van der Waals surface area contributed by atoms with Crippen LogP contribution in [0.2, 0.25) is 0 Å². The van der Waals surface area contributed by atoms with Crippen molar-refractivity contribution in [2.24, 2.45) is 23.5 Å². The van der Waals surface area contributed by atoms with E-state index >= 15 is 0 Å². The summed E-state index contributed by atoms with van der Waals surface area (Å²) < 4.78 is 0. The molecule has 5 heteroatoms. The molecule has 2 rings (SSSR count). The summed E-state index contributed by atoms with van der Waals surface area (Å²) in [6.07, 6.45) is 2.65. The molecule has 5 nitrogen and oxygen atoms in total. The van der Waals surface area contributed by atoms with E-state index < -0.39 is 0 Å². The van der Waals surface area contributed by atoms with Crippen LogP contribution in [-0.2, 0) is 9.59 Å². The van der Waals surface area contributed by atoms with E-state index in [0.717, 1.165) is 38.9 Å². The summed E-state index contributed by atoms with van der Waals surface area (Å²) in [7, 11) is 0. The number of primary amides is 1. The van der Waals surface area contributed by atoms with Gasteiger partial charge in [0.2, 0.25) is 11.8 Å². The van der Waals surface area contributed by atoms with E-state index in [1.807, 2.05) is 4.90 Å². The van der Waals surface area contributed by atoms with Gasteiger partial charge in [-0.1, -0.05) is 6.92 Å². The number of rotatable bonds is 2. The van der Waals surface area contributed by atoms with Crippen LogP contribution >= 0.6 is 0 Å². The van der Waals surface area contributed by atoms with E-state index in [2.05, 4.69) is 12.2 Å². The van der Waals surface area contributed by atoms with Crippen LogP contribution in [0.3, 0.4) is 0 Å². The van der Waals surface area contributed by atoms with Gasteiger partial charge in [0.15, 0.2) is 0 Å². The van der Waals surface area contributed by atoms with E-state index in [1.165, 1.54) is 0 Å². The number of piperidine rings is 2. The molecule has 18 heavy (non-hydrogen) atoms. The van der Waals surface area contributed by atoms with Crippen LogP contribution in [-0.4, -0.2) is 42.9 Å². The number of carbonyl (C=O) groups excluding carboxylic acids is 2. The highest BCUT2D eigenvalue weighted by atomic mass is 16.2. The van der Waals surface area contributed by atoms with Crippen molar-refractivity contribution in [2.75, 3.05) is 26.2 Å². The highest BCUT2D eigenvalue weighted by Crippen LogP contribution is 2.22. The van der Waals surface area contributed by atoms with Gasteiger partial charge in [-0.05, 0) is 31.7 Å². The zero-order valence-electron chi connectivity index (χ0n) is 11.0. The minimum atomic E-state index is -0.275. The number of carbonyl (C=O) groups is 2. The second kappa shape index (κ2) is 5.69. The fraction of sp³-hybridized carbons (Fsp3) is 0.846. The molecule has 0 radical (unpaired) electrons. The molecule has 2 amide bonds. The zero-order chi connectivity index (χ0) is 13.1. The van der Waals surface area contributed by atoms with E-state index in [0.29, 0.717) is 12.5 Å². The van der Waals surface area contributed by atoms with Crippen molar-refractivity contribution in [3.63, 3.8) is 0 Å². The lowest BCUT2D eigenvalue weighted by molar-refractivity contribution is -0.139. The first-order chi connectivity index (χ1) is 8.58. The van der Waals surface area contributed by atoms with Gasteiger partial charge in [-0.25, -0.2) is 0 Å². The maximum atomic E-state index is 12.4. The van der Waals surface area contributed by atoms with Crippen molar-refractivity contribution in [1.82, 2.24) is 10.2 Å². The highest BCUT2D eigenvalue weighted by molar-refractivity contribution is 5.81. The first-order valence-electron chi connectivity index (χ1n) is 6.86. The van der Waals surface area contributed by atoms with E-state index in [1.54, 1.807) is 0 Å². The summed E-state index contributed by atoms with van der Waals surface area (Å²) in [4.78, 5) is 25.5. The van der Waals surface area contributed by atoms with Gasteiger partial charge >= 0.3 is 0 Å². The molecule has 0 bridgehead atoms. The molecule has 0 aliphatic carbocycles. The van der Waals surface area contributed by atoms with Gasteiger partial charge in [-0.2, -0.15) is 0 Å². The van der Waals surface area contributed by atoms with Gasteiger partial charge in [-0.3, -0.25) is 9.59 Å². The molecule has 0 spiro atoms. The lowest BCUT2D eigenvalue weighted by Crippen LogP contribution is -2.50. The van der Waals surface area contributed by atoms with Crippen molar-refractivity contribution in [3.8, 4) is 0 Å². The van der Waals surface area contributed by atoms with Gasteiger partial charge in [0.05, 0.1) is 11.8 Å². The van der Waals surface area contributed by atoms with Gasteiger partial charge in [0.25, 0.3) is 0 Å². The Labute approximate surface area is 108 Å². The second-order valence-electron chi connectivity index (χ2n) is 5.72. The monoisotopic (exact) mass is 253 g/mol. The molecule has 0 aromatic rings. The van der Waals surface area contributed by atoms with Crippen LogP contribution < -0.4 is 11.1 Å². The number of nitrogens with one attached hydrogen (secondary N) is 1. The van der Waals surface area contributed by atoms with Gasteiger partial charge in [0.1, 0.15) is 0 Å². The normalized spacial score (nSPS) is 33.2. The molecule has 2 aliphatic rings. The van der Waals surface area contributed by atoms with E-state index in [9.17, 15) is 9.59 Å². The van der Waals surface area contributed by atoms with Crippen molar-refractivity contribution in [1.29, 1.82) is 0 Å². The summed E-state index contributed by atoms with van der Waals surface area (Å²) in [5.41, 5.74) is 5.34. The molecule has 2 saturated heterocycles. The topological polar surface area (TPSA) is 75.4 Å². The van der Waals surface area contributed by atoms with Crippen molar-refractivity contribution < 1.29 is 9.59 Å². The lowest BCUT2D eigenvalue weighted by atomic mass is 9.89. The average Bonchev–Trinajstić information content (AvgIpc) is 2.38. The lowest BCUT2D eigenvalue weighted by Gasteiger charge is -2.36. The molecule has 0 saturated carbocycles. The fourth-order valence-corrected chi connectivity index (χ4v) is 3.01. The summed E-state index contributed by atoms with van der Waals surface area (Å²) in [5, 5.41) is 3.30. The Morgan fingerprint density at radius 1 is 1.28 bits per heavy atom. The number of likely N-dealkylation sites (tertiary alicyclic amines) is 1. The summed E-state index contributed by atoms with van der Waals surface area (Å²) in [6, 6.07) is 0. The van der Waals surface area contributed by atoms with E-state index in [4.69, 9.17) is 5.73 Å². The number of hydrogen-bond donors (Lipinski definition) is 2. The first-order valence-corrected chi connectivity index (χ1v) is 6.86. The third-order valence-electron chi connectivity index (χ3n) is 4.06. The maximum absolute atomic E-state index is 12.4. The molecule has 3 atom stereocenters. The minimum absolute atomic E-state index is 0.0698. The molecule has 0 aromatic carbocycles. The zero-order valence-corrected chi connectivity index (χ0v) is 11.0. The second-order valence-corrected chi connectivity index (χ2v) is 5.72. The van der Waals surface area contributed by atoms with Gasteiger partial charge in [0, 0.05) is 19.6 Å². The Morgan fingerprint density at radius 2 is 2.06 bits per heavy atom. The molecule has 2 aliphatic heterocycles.